The molecule has 1 saturated heterocycles. The van der Waals surface area contributed by atoms with Crippen molar-refractivity contribution in [3.8, 4) is 0 Å². The summed E-state index contributed by atoms with van der Waals surface area (Å²) in [5.41, 5.74) is 0. The molecule has 100 valence electrons. The van der Waals surface area contributed by atoms with Gasteiger partial charge in [0.05, 0.1) is 4.90 Å². The first kappa shape index (κ1) is 13.9. The van der Waals surface area contributed by atoms with E-state index in [-0.39, 0.29) is 9.37 Å². The van der Waals surface area contributed by atoms with E-state index >= 15 is 0 Å². The zero-order valence-electron chi connectivity index (χ0n) is 9.62. The maximum Gasteiger partial charge on any atom is 0.241 e. The van der Waals surface area contributed by atoms with Crippen LogP contribution < -0.4 is 10.0 Å². The molecule has 1 aromatic rings. The van der Waals surface area contributed by atoms with Crippen molar-refractivity contribution in [3.05, 3.63) is 28.5 Å². The summed E-state index contributed by atoms with van der Waals surface area (Å²) in [6.45, 7) is 2.15. The largest absolute Gasteiger partial charge is 0.316 e. The molecular weight excluding hydrogens is 323 g/mol. The van der Waals surface area contributed by atoms with Gasteiger partial charge in [0, 0.05) is 11.0 Å². The van der Waals surface area contributed by atoms with E-state index in [1.54, 1.807) is 0 Å². The van der Waals surface area contributed by atoms with E-state index < -0.39 is 15.8 Å². The maximum absolute atomic E-state index is 12.9. The van der Waals surface area contributed by atoms with Crippen LogP contribution in [0.1, 0.15) is 6.42 Å². The van der Waals surface area contributed by atoms with Gasteiger partial charge in [-0.3, -0.25) is 0 Å². The monoisotopic (exact) mass is 336 g/mol. The van der Waals surface area contributed by atoms with Crippen LogP contribution in [0.2, 0.25) is 0 Å². The smallest absolute Gasteiger partial charge is 0.241 e. The molecule has 2 N–H and O–H groups in total. The molecule has 1 atom stereocenters. The van der Waals surface area contributed by atoms with Gasteiger partial charge in [-0.15, -0.1) is 0 Å². The fourth-order valence-electron chi connectivity index (χ4n) is 1.89. The van der Waals surface area contributed by atoms with Crippen molar-refractivity contribution in [2.45, 2.75) is 11.3 Å². The number of rotatable bonds is 4. The predicted molar refractivity (Wildman–Crippen MR) is 70.3 cm³/mol. The Morgan fingerprint density at radius 1 is 1.50 bits per heavy atom. The van der Waals surface area contributed by atoms with E-state index in [4.69, 9.17) is 0 Å². The number of nitrogens with one attached hydrogen (secondary N) is 2. The molecule has 1 aliphatic heterocycles. The lowest BCUT2D eigenvalue weighted by Gasteiger charge is -2.11. The number of sulfonamides is 1. The van der Waals surface area contributed by atoms with Gasteiger partial charge in [0.2, 0.25) is 10.0 Å². The second-order valence-electron chi connectivity index (χ2n) is 4.29. The molecule has 1 unspecified atom stereocenters. The SMILES string of the molecule is O=S(=O)(NCC1CCNC1)c1ccc(F)cc1Br. The van der Waals surface area contributed by atoms with Crippen LogP contribution in [0.15, 0.2) is 27.6 Å². The molecule has 0 saturated carbocycles. The summed E-state index contributed by atoms with van der Waals surface area (Å²) in [5.74, 6) is -0.153. The van der Waals surface area contributed by atoms with Crippen molar-refractivity contribution in [2.24, 2.45) is 5.92 Å². The van der Waals surface area contributed by atoms with Gasteiger partial charge in [-0.25, -0.2) is 17.5 Å². The molecule has 2 rings (SSSR count). The third kappa shape index (κ3) is 3.28. The summed E-state index contributed by atoms with van der Waals surface area (Å²) in [7, 11) is -3.59. The molecule has 1 aliphatic rings. The standard InChI is InChI=1S/C11H14BrFN2O2S/c12-10-5-9(13)1-2-11(10)18(16,17)15-7-8-3-4-14-6-8/h1-2,5,8,14-15H,3-4,6-7H2. The van der Waals surface area contributed by atoms with Crippen LogP contribution in [-0.2, 0) is 10.0 Å². The normalized spacial score (nSPS) is 20.2. The van der Waals surface area contributed by atoms with Gasteiger partial charge in [-0.2, -0.15) is 0 Å². The van der Waals surface area contributed by atoms with Crippen LogP contribution in [0, 0.1) is 11.7 Å². The molecule has 1 aromatic carbocycles. The van der Waals surface area contributed by atoms with Crippen molar-refractivity contribution in [1.29, 1.82) is 0 Å². The van der Waals surface area contributed by atoms with Crippen LogP contribution >= 0.6 is 15.9 Å². The molecule has 0 aliphatic carbocycles. The van der Waals surface area contributed by atoms with Gasteiger partial charge < -0.3 is 5.32 Å². The number of halogens is 2. The second kappa shape index (κ2) is 5.64. The Kier molecular flexibility index (Phi) is 4.37. The second-order valence-corrected chi connectivity index (χ2v) is 6.88. The van der Waals surface area contributed by atoms with E-state index in [9.17, 15) is 12.8 Å². The van der Waals surface area contributed by atoms with Crippen LogP contribution in [0.4, 0.5) is 4.39 Å². The summed E-state index contributed by atoms with van der Waals surface area (Å²) in [5, 5.41) is 3.17. The molecule has 0 spiro atoms. The number of hydrogen-bond acceptors (Lipinski definition) is 3. The zero-order chi connectivity index (χ0) is 13.2. The lowest BCUT2D eigenvalue weighted by Crippen LogP contribution is -2.30. The third-order valence-corrected chi connectivity index (χ3v) is 5.31. The summed E-state index contributed by atoms with van der Waals surface area (Å²) in [4.78, 5) is 0.0647. The highest BCUT2D eigenvalue weighted by Crippen LogP contribution is 2.22. The van der Waals surface area contributed by atoms with Crippen molar-refractivity contribution in [2.75, 3.05) is 19.6 Å². The molecule has 0 radical (unpaired) electrons. The average molecular weight is 337 g/mol. The zero-order valence-corrected chi connectivity index (χ0v) is 12.0. The van der Waals surface area contributed by atoms with Crippen LogP contribution in [0.25, 0.3) is 0 Å². The number of hydrogen-bond donors (Lipinski definition) is 2. The van der Waals surface area contributed by atoms with E-state index in [0.29, 0.717) is 12.5 Å². The average Bonchev–Trinajstić information content (AvgIpc) is 2.78. The first-order chi connectivity index (χ1) is 8.49. The minimum absolute atomic E-state index is 0.0647. The Hall–Kier alpha value is -0.500. The highest BCUT2D eigenvalue weighted by atomic mass is 79.9. The number of benzene rings is 1. The lowest BCUT2D eigenvalue weighted by molar-refractivity contribution is 0.538. The van der Waals surface area contributed by atoms with Gasteiger partial charge in [-0.1, -0.05) is 0 Å². The molecule has 7 heteroatoms. The Labute approximate surface area is 114 Å². The summed E-state index contributed by atoms with van der Waals surface area (Å²) >= 11 is 3.06. The van der Waals surface area contributed by atoms with Crippen molar-refractivity contribution in [3.63, 3.8) is 0 Å². The Morgan fingerprint density at radius 2 is 2.28 bits per heavy atom. The topological polar surface area (TPSA) is 58.2 Å². The van der Waals surface area contributed by atoms with Crippen LogP contribution in [0.3, 0.4) is 0 Å². The van der Waals surface area contributed by atoms with E-state index in [1.165, 1.54) is 6.07 Å². The van der Waals surface area contributed by atoms with Gasteiger partial charge >= 0.3 is 0 Å². The van der Waals surface area contributed by atoms with E-state index in [2.05, 4.69) is 26.0 Å². The van der Waals surface area contributed by atoms with Crippen LogP contribution in [0.5, 0.6) is 0 Å². The highest BCUT2D eigenvalue weighted by Gasteiger charge is 2.21. The third-order valence-electron chi connectivity index (χ3n) is 2.91. The molecule has 1 heterocycles. The maximum atomic E-state index is 12.9. The molecule has 0 bridgehead atoms. The van der Waals surface area contributed by atoms with Gasteiger partial charge in [0.25, 0.3) is 0 Å². The van der Waals surface area contributed by atoms with E-state index in [0.717, 1.165) is 31.6 Å². The molecular formula is C11H14BrFN2O2S. The summed E-state index contributed by atoms with van der Waals surface area (Å²) in [6.07, 6.45) is 0.965. The van der Waals surface area contributed by atoms with Crippen molar-refractivity contribution < 1.29 is 12.8 Å². The lowest BCUT2D eigenvalue weighted by atomic mass is 10.1. The van der Waals surface area contributed by atoms with Crippen LogP contribution in [-0.4, -0.2) is 28.1 Å². The summed E-state index contributed by atoms with van der Waals surface area (Å²) < 4.78 is 39.8. The Balaban J connectivity index is 2.09. The van der Waals surface area contributed by atoms with Gasteiger partial charge in [0.1, 0.15) is 5.82 Å². The molecule has 18 heavy (non-hydrogen) atoms. The molecule has 0 aromatic heterocycles. The first-order valence-electron chi connectivity index (χ1n) is 5.64. The Bertz CT molecular complexity index is 530. The fraction of sp³-hybridized carbons (Fsp3) is 0.455. The van der Waals surface area contributed by atoms with Gasteiger partial charge in [0.15, 0.2) is 0 Å². The quantitative estimate of drug-likeness (QED) is 0.875. The first-order valence-corrected chi connectivity index (χ1v) is 7.92. The van der Waals surface area contributed by atoms with Crippen molar-refractivity contribution >= 4 is 26.0 Å². The van der Waals surface area contributed by atoms with E-state index in [1.807, 2.05) is 0 Å². The summed E-state index contributed by atoms with van der Waals surface area (Å²) in [6, 6.07) is 3.54. The van der Waals surface area contributed by atoms with Crippen molar-refractivity contribution in [1.82, 2.24) is 10.0 Å². The molecule has 4 nitrogen and oxygen atoms in total. The van der Waals surface area contributed by atoms with Gasteiger partial charge in [-0.05, 0) is 59.6 Å². The highest BCUT2D eigenvalue weighted by molar-refractivity contribution is 9.10. The predicted octanol–water partition coefficient (Wildman–Crippen LogP) is 1.48. The fourth-order valence-corrected chi connectivity index (χ4v) is 4.05. The minimum Gasteiger partial charge on any atom is -0.316 e. The Morgan fingerprint density at radius 3 is 2.89 bits per heavy atom. The minimum atomic E-state index is -3.59. The molecule has 0 amide bonds. The molecule has 1 fully saturated rings.